The van der Waals surface area contributed by atoms with Crippen LogP contribution in [0.15, 0.2) is 71.3 Å². The normalized spacial score (nSPS) is 15.7. The van der Waals surface area contributed by atoms with Crippen LogP contribution >= 0.6 is 0 Å². The molecule has 1 saturated heterocycles. The summed E-state index contributed by atoms with van der Waals surface area (Å²) in [5.74, 6) is 0.681. The lowest BCUT2D eigenvalue weighted by atomic mass is 9.93. The molecule has 6 heteroatoms. The molecular formula is C27H31N3O3. The number of anilines is 1. The first-order chi connectivity index (χ1) is 16.0. The summed E-state index contributed by atoms with van der Waals surface area (Å²) in [7, 11) is 0. The van der Waals surface area contributed by atoms with E-state index < -0.39 is 6.04 Å². The van der Waals surface area contributed by atoms with Crippen LogP contribution in [0.25, 0.3) is 0 Å². The van der Waals surface area contributed by atoms with Crippen molar-refractivity contribution in [3.63, 3.8) is 0 Å². The molecule has 0 radical (unpaired) electrons. The fourth-order valence-electron chi connectivity index (χ4n) is 4.39. The van der Waals surface area contributed by atoms with Crippen LogP contribution in [0.5, 0.6) is 0 Å². The van der Waals surface area contributed by atoms with Crippen LogP contribution in [-0.2, 0) is 16.1 Å². The third kappa shape index (κ3) is 5.71. The maximum atomic E-state index is 13.5. The molecule has 1 unspecified atom stereocenters. The number of carbonyl (C=O) groups excluding carboxylic acids is 2. The molecule has 2 heterocycles. The maximum Gasteiger partial charge on any atom is 0.246 e. The minimum absolute atomic E-state index is 0.0437. The standard InChI is InChI=1S/C27H31N3O3/c1-19-10-11-20(2)24(17-19)29-27(32)25(21-7-4-3-5-8-21)30-14-12-22(13-15-30)26(31)28-18-23-9-6-16-33-23/h3-11,16-17,22,25H,12-15,18H2,1-2H3,(H,28,31)(H,29,32). The lowest BCUT2D eigenvalue weighted by Gasteiger charge is -2.36. The Hall–Kier alpha value is -3.38. The van der Waals surface area contributed by atoms with Crippen molar-refractivity contribution in [2.75, 3.05) is 18.4 Å². The van der Waals surface area contributed by atoms with E-state index in [9.17, 15) is 9.59 Å². The Morgan fingerprint density at radius 1 is 1.03 bits per heavy atom. The monoisotopic (exact) mass is 445 g/mol. The molecule has 2 N–H and O–H groups in total. The number of hydrogen-bond donors (Lipinski definition) is 2. The Kier molecular flexibility index (Phi) is 7.25. The number of carbonyl (C=O) groups is 2. The number of aryl methyl sites for hydroxylation is 2. The van der Waals surface area contributed by atoms with Crippen LogP contribution in [-0.4, -0.2) is 29.8 Å². The second-order valence-electron chi connectivity index (χ2n) is 8.73. The predicted octanol–water partition coefficient (Wildman–Crippen LogP) is 4.60. The summed E-state index contributed by atoms with van der Waals surface area (Å²) >= 11 is 0. The van der Waals surface area contributed by atoms with Gasteiger partial charge in [-0.05, 0) is 74.7 Å². The largest absolute Gasteiger partial charge is 0.467 e. The number of nitrogens with one attached hydrogen (secondary N) is 2. The van der Waals surface area contributed by atoms with Gasteiger partial charge in [-0.15, -0.1) is 0 Å². The third-order valence-electron chi connectivity index (χ3n) is 6.30. The number of likely N-dealkylation sites (tertiary alicyclic amines) is 1. The van der Waals surface area contributed by atoms with Crippen LogP contribution in [0.3, 0.4) is 0 Å². The number of rotatable bonds is 7. The van der Waals surface area contributed by atoms with Crippen LogP contribution < -0.4 is 10.6 Å². The molecule has 1 atom stereocenters. The summed E-state index contributed by atoms with van der Waals surface area (Å²) in [5.41, 5.74) is 3.94. The van der Waals surface area contributed by atoms with Gasteiger partial charge in [0.15, 0.2) is 0 Å². The highest BCUT2D eigenvalue weighted by atomic mass is 16.3. The topological polar surface area (TPSA) is 74.6 Å². The highest BCUT2D eigenvalue weighted by molar-refractivity contribution is 5.96. The first-order valence-electron chi connectivity index (χ1n) is 11.5. The Balaban J connectivity index is 1.43. The first-order valence-corrected chi connectivity index (χ1v) is 11.5. The van der Waals surface area contributed by atoms with Crippen molar-refractivity contribution in [1.82, 2.24) is 10.2 Å². The first kappa shape index (κ1) is 22.8. The van der Waals surface area contributed by atoms with Gasteiger partial charge >= 0.3 is 0 Å². The van der Waals surface area contributed by atoms with Gasteiger partial charge in [-0.2, -0.15) is 0 Å². The molecule has 172 valence electrons. The van der Waals surface area contributed by atoms with Gasteiger partial charge in [0.1, 0.15) is 11.8 Å². The summed E-state index contributed by atoms with van der Waals surface area (Å²) in [5, 5.41) is 6.11. The molecule has 1 aliphatic rings. The van der Waals surface area contributed by atoms with Crippen molar-refractivity contribution >= 4 is 17.5 Å². The SMILES string of the molecule is Cc1ccc(C)c(NC(=O)C(c2ccccc2)N2CCC(C(=O)NCc3ccco3)CC2)c1. The minimum Gasteiger partial charge on any atom is -0.467 e. The van der Waals surface area contributed by atoms with E-state index in [1.54, 1.807) is 6.26 Å². The number of furan rings is 1. The van der Waals surface area contributed by atoms with E-state index in [-0.39, 0.29) is 17.7 Å². The zero-order valence-corrected chi connectivity index (χ0v) is 19.2. The van der Waals surface area contributed by atoms with Gasteiger partial charge < -0.3 is 15.1 Å². The lowest BCUT2D eigenvalue weighted by molar-refractivity contribution is -0.127. The number of amides is 2. The predicted molar refractivity (Wildman–Crippen MR) is 129 cm³/mol. The van der Waals surface area contributed by atoms with Gasteiger partial charge in [0.25, 0.3) is 0 Å². The molecule has 33 heavy (non-hydrogen) atoms. The molecule has 0 aliphatic carbocycles. The van der Waals surface area contributed by atoms with Gasteiger partial charge in [0.05, 0.1) is 12.8 Å². The lowest BCUT2D eigenvalue weighted by Crippen LogP contribution is -2.45. The molecule has 1 fully saturated rings. The van der Waals surface area contributed by atoms with Crippen molar-refractivity contribution in [3.05, 3.63) is 89.4 Å². The molecule has 1 aromatic heterocycles. The van der Waals surface area contributed by atoms with E-state index in [0.29, 0.717) is 32.5 Å². The molecule has 4 rings (SSSR count). The maximum absolute atomic E-state index is 13.5. The molecule has 2 amide bonds. The van der Waals surface area contributed by atoms with Crippen molar-refractivity contribution in [2.24, 2.45) is 5.92 Å². The fraction of sp³-hybridized carbons (Fsp3) is 0.333. The highest BCUT2D eigenvalue weighted by Gasteiger charge is 2.33. The number of benzene rings is 2. The highest BCUT2D eigenvalue weighted by Crippen LogP contribution is 2.29. The summed E-state index contributed by atoms with van der Waals surface area (Å²) in [4.78, 5) is 28.3. The van der Waals surface area contributed by atoms with E-state index >= 15 is 0 Å². The van der Waals surface area contributed by atoms with E-state index in [4.69, 9.17) is 4.42 Å². The van der Waals surface area contributed by atoms with E-state index in [1.165, 1.54) is 0 Å². The van der Waals surface area contributed by atoms with E-state index in [2.05, 4.69) is 15.5 Å². The fourth-order valence-corrected chi connectivity index (χ4v) is 4.39. The van der Waals surface area contributed by atoms with E-state index in [0.717, 1.165) is 28.1 Å². The molecule has 0 bridgehead atoms. The van der Waals surface area contributed by atoms with Gasteiger partial charge in [-0.1, -0.05) is 42.5 Å². The Labute approximate surface area is 195 Å². The zero-order chi connectivity index (χ0) is 23.2. The van der Waals surface area contributed by atoms with E-state index in [1.807, 2.05) is 74.5 Å². The van der Waals surface area contributed by atoms with Crippen molar-refractivity contribution in [1.29, 1.82) is 0 Å². The van der Waals surface area contributed by atoms with Crippen LogP contribution in [0.2, 0.25) is 0 Å². The van der Waals surface area contributed by atoms with Gasteiger partial charge in [-0.3, -0.25) is 14.5 Å². The Morgan fingerprint density at radius 2 is 1.79 bits per heavy atom. The van der Waals surface area contributed by atoms with Crippen LogP contribution in [0.1, 0.15) is 41.3 Å². The molecule has 0 spiro atoms. The average molecular weight is 446 g/mol. The van der Waals surface area contributed by atoms with Gasteiger partial charge in [-0.25, -0.2) is 0 Å². The van der Waals surface area contributed by atoms with Gasteiger partial charge in [0, 0.05) is 11.6 Å². The molecule has 2 aromatic carbocycles. The molecule has 0 saturated carbocycles. The second-order valence-corrected chi connectivity index (χ2v) is 8.73. The smallest absolute Gasteiger partial charge is 0.246 e. The van der Waals surface area contributed by atoms with Crippen LogP contribution in [0.4, 0.5) is 5.69 Å². The summed E-state index contributed by atoms with van der Waals surface area (Å²) in [6.45, 7) is 5.78. The second kappa shape index (κ2) is 10.5. The quantitative estimate of drug-likeness (QED) is 0.557. The van der Waals surface area contributed by atoms with Gasteiger partial charge in [0.2, 0.25) is 11.8 Å². The summed E-state index contributed by atoms with van der Waals surface area (Å²) in [6.07, 6.45) is 3.03. The van der Waals surface area contributed by atoms with Crippen LogP contribution in [0, 0.1) is 19.8 Å². The number of hydrogen-bond acceptors (Lipinski definition) is 4. The molecule has 1 aliphatic heterocycles. The molecule has 6 nitrogen and oxygen atoms in total. The number of nitrogens with zero attached hydrogens (tertiary/aromatic N) is 1. The summed E-state index contributed by atoms with van der Waals surface area (Å²) < 4.78 is 5.29. The average Bonchev–Trinajstić information content (AvgIpc) is 3.35. The van der Waals surface area contributed by atoms with Crippen molar-refractivity contribution < 1.29 is 14.0 Å². The Bertz CT molecular complexity index is 1070. The minimum atomic E-state index is -0.404. The summed E-state index contributed by atoms with van der Waals surface area (Å²) in [6, 6.07) is 19.2. The third-order valence-corrected chi connectivity index (χ3v) is 6.30. The molecule has 3 aromatic rings. The molecular weight excluding hydrogens is 414 g/mol. The van der Waals surface area contributed by atoms with Crippen molar-refractivity contribution in [2.45, 2.75) is 39.3 Å². The number of piperidine rings is 1. The van der Waals surface area contributed by atoms with Crippen molar-refractivity contribution in [3.8, 4) is 0 Å². The Morgan fingerprint density at radius 3 is 2.48 bits per heavy atom. The zero-order valence-electron chi connectivity index (χ0n) is 19.2.